The molecule has 1 aliphatic heterocycles. The highest BCUT2D eigenvalue weighted by atomic mass is 19.1. The highest BCUT2D eigenvalue weighted by Crippen LogP contribution is 2.27. The summed E-state index contributed by atoms with van der Waals surface area (Å²) in [6.45, 7) is 8.19. The smallest absolute Gasteiger partial charge is 0.242 e. The monoisotopic (exact) mass is 409 g/mol. The van der Waals surface area contributed by atoms with Crippen LogP contribution in [0.5, 0.6) is 11.6 Å². The Bertz CT molecular complexity index is 869. The first-order chi connectivity index (χ1) is 13.6. The van der Waals surface area contributed by atoms with Gasteiger partial charge in [-0.05, 0) is 20.8 Å². The number of halogens is 3. The molecule has 1 amide bonds. The van der Waals surface area contributed by atoms with E-state index in [2.05, 4.69) is 39.3 Å². The van der Waals surface area contributed by atoms with Crippen LogP contribution in [0.25, 0.3) is 0 Å². The van der Waals surface area contributed by atoms with Crippen LogP contribution in [-0.4, -0.2) is 52.0 Å². The number of ether oxygens (including phenoxy) is 1. The van der Waals surface area contributed by atoms with Crippen LogP contribution in [0.2, 0.25) is 0 Å². The molecule has 0 radical (unpaired) electrons. The molecule has 2 aromatic rings. The minimum atomic E-state index is -1.20. The minimum Gasteiger partial charge on any atom is -0.431 e. The van der Waals surface area contributed by atoms with Crippen LogP contribution in [0.3, 0.4) is 0 Å². The van der Waals surface area contributed by atoms with Crippen LogP contribution in [0.1, 0.15) is 20.8 Å². The summed E-state index contributed by atoms with van der Waals surface area (Å²) < 4.78 is 45.3. The van der Waals surface area contributed by atoms with Gasteiger partial charge in [0, 0.05) is 37.3 Å². The number of hydrogen-bond donors (Lipinski definition) is 2. The molecule has 1 aliphatic rings. The zero-order valence-electron chi connectivity index (χ0n) is 16.3. The standard InChI is InChI=1S/C19H22F3N5O2/c1-11(27-5-4-25-19(2,3)10-27)18(28)26-15-8-24-16(9-23-15)29-17-13(21)6-12(20)7-14(17)22/h6-9,11,25H,4-5,10H2,1-3H3,(H,23,26,28). The van der Waals surface area contributed by atoms with E-state index in [9.17, 15) is 18.0 Å². The van der Waals surface area contributed by atoms with Crippen molar-refractivity contribution in [1.82, 2.24) is 20.2 Å². The summed E-state index contributed by atoms with van der Waals surface area (Å²) in [6.07, 6.45) is 2.32. The van der Waals surface area contributed by atoms with E-state index in [1.807, 2.05) is 6.92 Å². The first-order valence-corrected chi connectivity index (χ1v) is 9.09. The molecule has 3 rings (SSSR count). The van der Waals surface area contributed by atoms with Crippen LogP contribution in [-0.2, 0) is 4.79 Å². The van der Waals surface area contributed by atoms with Crippen molar-refractivity contribution in [1.29, 1.82) is 0 Å². The molecule has 2 heterocycles. The van der Waals surface area contributed by atoms with Crippen LogP contribution in [0.15, 0.2) is 24.5 Å². The lowest BCUT2D eigenvalue weighted by molar-refractivity contribution is -0.121. The Morgan fingerprint density at radius 2 is 1.93 bits per heavy atom. The Hall–Kier alpha value is -2.72. The van der Waals surface area contributed by atoms with Crippen LogP contribution < -0.4 is 15.4 Å². The van der Waals surface area contributed by atoms with Crippen LogP contribution in [0.4, 0.5) is 19.0 Å². The van der Waals surface area contributed by atoms with Crippen LogP contribution >= 0.6 is 0 Å². The quantitative estimate of drug-likeness (QED) is 0.791. The van der Waals surface area contributed by atoms with Crippen molar-refractivity contribution in [2.24, 2.45) is 0 Å². The van der Waals surface area contributed by atoms with E-state index in [0.29, 0.717) is 12.1 Å². The fraction of sp³-hybridized carbons (Fsp3) is 0.421. The molecule has 1 aromatic carbocycles. The van der Waals surface area contributed by atoms with Gasteiger partial charge in [-0.3, -0.25) is 9.69 Å². The number of hydrogen-bond acceptors (Lipinski definition) is 6. The molecular formula is C19H22F3N5O2. The Labute approximate surface area is 166 Å². The number of amides is 1. The summed E-state index contributed by atoms with van der Waals surface area (Å²) in [6, 6.07) is 0.620. The van der Waals surface area contributed by atoms with Gasteiger partial charge >= 0.3 is 0 Å². The van der Waals surface area contributed by atoms with E-state index in [-0.39, 0.29) is 29.2 Å². The van der Waals surface area contributed by atoms with E-state index in [1.165, 1.54) is 6.20 Å². The minimum absolute atomic E-state index is 0.0868. The number of carbonyl (C=O) groups excluding carboxylic acids is 1. The number of benzene rings is 1. The summed E-state index contributed by atoms with van der Waals surface area (Å²) in [4.78, 5) is 22.4. The molecule has 1 aromatic heterocycles. The van der Waals surface area contributed by atoms with Gasteiger partial charge in [-0.1, -0.05) is 0 Å². The predicted molar refractivity (Wildman–Crippen MR) is 100 cm³/mol. The molecule has 1 saturated heterocycles. The van der Waals surface area contributed by atoms with E-state index < -0.39 is 23.2 Å². The van der Waals surface area contributed by atoms with Crippen LogP contribution in [0, 0.1) is 17.5 Å². The van der Waals surface area contributed by atoms with E-state index in [4.69, 9.17) is 4.74 Å². The number of rotatable bonds is 5. The second-order valence-corrected chi connectivity index (χ2v) is 7.49. The average molecular weight is 409 g/mol. The zero-order chi connectivity index (χ0) is 21.2. The number of aromatic nitrogens is 2. The third-order valence-corrected chi connectivity index (χ3v) is 4.58. The number of anilines is 1. The third-order valence-electron chi connectivity index (χ3n) is 4.58. The molecule has 1 fully saturated rings. The summed E-state index contributed by atoms with van der Waals surface area (Å²) in [7, 11) is 0. The fourth-order valence-corrected chi connectivity index (χ4v) is 3.07. The summed E-state index contributed by atoms with van der Waals surface area (Å²) in [5.41, 5.74) is -0.0868. The molecule has 1 atom stereocenters. The number of nitrogens with one attached hydrogen (secondary N) is 2. The van der Waals surface area contributed by atoms with Crippen molar-refractivity contribution < 1.29 is 22.7 Å². The highest BCUT2D eigenvalue weighted by Gasteiger charge is 2.31. The highest BCUT2D eigenvalue weighted by molar-refractivity contribution is 5.93. The Balaban J connectivity index is 1.62. The molecule has 156 valence electrons. The first-order valence-electron chi connectivity index (χ1n) is 9.09. The summed E-state index contributed by atoms with van der Waals surface area (Å²) in [5.74, 6) is -4.52. The Kier molecular flexibility index (Phi) is 6.04. The molecule has 1 unspecified atom stereocenters. The maximum Gasteiger partial charge on any atom is 0.242 e. The maximum atomic E-state index is 13.6. The van der Waals surface area contributed by atoms with Crippen molar-refractivity contribution in [3.63, 3.8) is 0 Å². The Morgan fingerprint density at radius 1 is 1.24 bits per heavy atom. The van der Waals surface area contributed by atoms with Gasteiger partial charge in [0.05, 0.1) is 18.4 Å². The van der Waals surface area contributed by atoms with Gasteiger partial charge < -0.3 is 15.4 Å². The normalized spacial score (nSPS) is 17.6. The van der Waals surface area contributed by atoms with E-state index >= 15 is 0 Å². The number of nitrogens with zero attached hydrogens (tertiary/aromatic N) is 3. The second kappa shape index (κ2) is 8.34. The van der Waals surface area contributed by atoms with E-state index in [1.54, 1.807) is 0 Å². The van der Waals surface area contributed by atoms with Gasteiger partial charge in [0.2, 0.25) is 17.5 Å². The zero-order valence-corrected chi connectivity index (χ0v) is 16.3. The lowest BCUT2D eigenvalue weighted by Gasteiger charge is -2.41. The maximum absolute atomic E-state index is 13.6. The topological polar surface area (TPSA) is 79.4 Å². The molecule has 7 nitrogen and oxygen atoms in total. The van der Waals surface area contributed by atoms with Gasteiger partial charge in [0.25, 0.3) is 0 Å². The largest absolute Gasteiger partial charge is 0.431 e. The lowest BCUT2D eigenvalue weighted by atomic mass is 10.0. The third kappa shape index (κ3) is 5.21. The predicted octanol–water partition coefficient (Wildman–Crippen LogP) is 2.70. The van der Waals surface area contributed by atoms with Gasteiger partial charge in [0.1, 0.15) is 5.82 Å². The van der Waals surface area contributed by atoms with E-state index in [0.717, 1.165) is 25.8 Å². The summed E-state index contributed by atoms with van der Waals surface area (Å²) in [5, 5.41) is 6.04. The molecular weight excluding hydrogens is 387 g/mol. The van der Waals surface area contributed by atoms with Crippen molar-refractivity contribution in [2.75, 3.05) is 25.0 Å². The molecule has 0 bridgehead atoms. The molecule has 10 heteroatoms. The number of carbonyl (C=O) groups is 1. The van der Waals surface area contributed by atoms with Crippen molar-refractivity contribution >= 4 is 11.7 Å². The molecule has 0 spiro atoms. The second-order valence-electron chi connectivity index (χ2n) is 7.49. The van der Waals surface area contributed by atoms with Gasteiger partial charge in [-0.15, -0.1) is 0 Å². The van der Waals surface area contributed by atoms with Gasteiger partial charge in [0.15, 0.2) is 17.5 Å². The molecule has 0 saturated carbocycles. The number of piperazine rings is 1. The van der Waals surface area contributed by atoms with Crippen molar-refractivity contribution in [3.8, 4) is 11.6 Å². The Morgan fingerprint density at radius 3 is 2.52 bits per heavy atom. The first kappa shape index (κ1) is 21.0. The summed E-state index contributed by atoms with van der Waals surface area (Å²) >= 11 is 0. The van der Waals surface area contributed by atoms with Gasteiger partial charge in [-0.2, -0.15) is 0 Å². The molecule has 0 aliphatic carbocycles. The molecule has 2 N–H and O–H groups in total. The fourth-order valence-electron chi connectivity index (χ4n) is 3.07. The van der Waals surface area contributed by atoms with Crippen molar-refractivity contribution in [3.05, 3.63) is 42.0 Å². The van der Waals surface area contributed by atoms with Gasteiger partial charge in [-0.25, -0.2) is 23.1 Å². The SMILES string of the molecule is CC(C(=O)Nc1cnc(Oc2c(F)cc(F)cc2F)cn1)N1CCNC(C)(C)C1. The molecule has 29 heavy (non-hydrogen) atoms. The lowest BCUT2D eigenvalue weighted by Crippen LogP contribution is -2.60. The average Bonchev–Trinajstić information content (AvgIpc) is 2.64. The van der Waals surface area contributed by atoms with Crippen molar-refractivity contribution in [2.45, 2.75) is 32.4 Å².